The first-order chi connectivity index (χ1) is 9.70. The van der Waals surface area contributed by atoms with Crippen molar-refractivity contribution in [2.75, 3.05) is 6.54 Å². The topological polar surface area (TPSA) is 60.8 Å². The predicted octanol–water partition coefficient (Wildman–Crippen LogP) is 2.87. The van der Waals surface area contributed by atoms with Gasteiger partial charge in [0.15, 0.2) is 0 Å². The number of carbonyl (C=O) groups is 1. The lowest BCUT2D eigenvalue weighted by atomic mass is 9.89. The van der Waals surface area contributed by atoms with Crippen molar-refractivity contribution < 1.29 is 15.0 Å². The number of amides is 1. The van der Waals surface area contributed by atoms with E-state index in [-0.39, 0.29) is 12.6 Å². The number of thiophene rings is 1. The van der Waals surface area contributed by atoms with Crippen molar-refractivity contribution in [2.45, 2.75) is 19.1 Å². The molecule has 4 nitrogen and oxygen atoms in total. The van der Waals surface area contributed by atoms with Crippen LogP contribution in [0.25, 0.3) is 0 Å². The van der Waals surface area contributed by atoms with Crippen LogP contribution < -0.4 is 0 Å². The smallest absolute Gasteiger partial charge is 0.408 e. The lowest BCUT2D eigenvalue weighted by Crippen LogP contribution is -2.39. The highest BCUT2D eigenvalue weighted by atomic mass is 32.1. The van der Waals surface area contributed by atoms with Crippen LogP contribution in [-0.2, 0) is 13.0 Å². The molecule has 3 rings (SSSR count). The van der Waals surface area contributed by atoms with Crippen molar-refractivity contribution >= 4 is 17.4 Å². The maximum Gasteiger partial charge on any atom is 0.408 e. The molecule has 104 valence electrons. The molecule has 20 heavy (non-hydrogen) atoms. The Morgan fingerprint density at radius 2 is 2.20 bits per heavy atom. The Balaban J connectivity index is 2.09. The number of rotatable bonds is 2. The zero-order valence-corrected chi connectivity index (χ0v) is 11.6. The maximum atomic E-state index is 11.5. The molecule has 1 aliphatic heterocycles. The standard InChI is InChI=1S/C15H15NO3S/c17-8-12-7-11(9-20-12)14-13-4-2-1-3-10(13)5-6-16(14)15(18)19/h1-4,7,9,14,17H,5-6,8H2,(H,18,19). The van der Waals surface area contributed by atoms with E-state index in [0.717, 1.165) is 22.4 Å². The molecule has 0 radical (unpaired) electrons. The summed E-state index contributed by atoms with van der Waals surface area (Å²) in [5.41, 5.74) is 3.18. The Hall–Kier alpha value is -1.85. The number of benzene rings is 1. The largest absolute Gasteiger partial charge is 0.465 e. The summed E-state index contributed by atoms with van der Waals surface area (Å²) in [5.74, 6) is 0. The van der Waals surface area contributed by atoms with Crippen LogP contribution >= 0.6 is 11.3 Å². The fourth-order valence-electron chi connectivity index (χ4n) is 2.76. The quantitative estimate of drug-likeness (QED) is 0.893. The summed E-state index contributed by atoms with van der Waals surface area (Å²) in [6.07, 6.45) is -0.156. The molecule has 0 saturated carbocycles. The van der Waals surface area contributed by atoms with Gasteiger partial charge in [0.05, 0.1) is 12.6 Å². The minimum Gasteiger partial charge on any atom is -0.465 e. The van der Waals surface area contributed by atoms with Gasteiger partial charge in [-0.2, -0.15) is 0 Å². The number of aliphatic hydroxyl groups excluding tert-OH is 1. The first kappa shape index (κ1) is 13.1. The Labute approximate surface area is 120 Å². The van der Waals surface area contributed by atoms with Gasteiger partial charge in [-0.05, 0) is 34.6 Å². The lowest BCUT2D eigenvalue weighted by Gasteiger charge is -2.35. The van der Waals surface area contributed by atoms with Crippen molar-refractivity contribution in [3.05, 3.63) is 57.3 Å². The number of hydrogen-bond donors (Lipinski definition) is 2. The first-order valence-corrected chi connectivity index (χ1v) is 7.34. The van der Waals surface area contributed by atoms with Gasteiger partial charge in [0.25, 0.3) is 0 Å². The van der Waals surface area contributed by atoms with Crippen molar-refractivity contribution in [2.24, 2.45) is 0 Å². The number of nitrogens with zero attached hydrogens (tertiary/aromatic N) is 1. The van der Waals surface area contributed by atoms with Gasteiger partial charge in [-0.15, -0.1) is 11.3 Å². The van der Waals surface area contributed by atoms with Crippen LogP contribution in [0.4, 0.5) is 4.79 Å². The Morgan fingerprint density at radius 1 is 1.40 bits per heavy atom. The van der Waals surface area contributed by atoms with E-state index in [1.807, 2.05) is 29.6 Å². The van der Waals surface area contributed by atoms with Crippen LogP contribution in [0.3, 0.4) is 0 Å². The molecule has 2 heterocycles. The van der Waals surface area contributed by atoms with Crippen molar-refractivity contribution in [1.29, 1.82) is 0 Å². The first-order valence-electron chi connectivity index (χ1n) is 6.46. The Morgan fingerprint density at radius 3 is 2.90 bits per heavy atom. The molecule has 1 aromatic heterocycles. The van der Waals surface area contributed by atoms with Gasteiger partial charge in [0.1, 0.15) is 0 Å². The monoisotopic (exact) mass is 289 g/mol. The van der Waals surface area contributed by atoms with E-state index in [1.54, 1.807) is 0 Å². The van der Waals surface area contributed by atoms with E-state index in [1.165, 1.54) is 21.8 Å². The van der Waals surface area contributed by atoms with Gasteiger partial charge in [0.2, 0.25) is 0 Å². The molecule has 2 aromatic rings. The molecule has 5 heteroatoms. The SMILES string of the molecule is O=C(O)N1CCc2ccccc2C1c1csc(CO)c1. The van der Waals surface area contributed by atoms with Gasteiger partial charge < -0.3 is 10.2 Å². The van der Waals surface area contributed by atoms with Crippen molar-refractivity contribution in [1.82, 2.24) is 4.90 Å². The third-order valence-corrected chi connectivity index (χ3v) is 4.61. The van der Waals surface area contributed by atoms with Crippen LogP contribution in [0.2, 0.25) is 0 Å². The van der Waals surface area contributed by atoms with E-state index < -0.39 is 6.09 Å². The van der Waals surface area contributed by atoms with Crippen LogP contribution in [0.5, 0.6) is 0 Å². The van der Waals surface area contributed by atoms with Crippen molar-refractivity contribution in [3.8, 4) is 0 Å². The summed E-state index contributed by atoms with van der Waals surface area (Å²) < 4.78 is 0. The number of carboxylic acid groups (broad SMARTS) is 1. The fraction of sp³-hybridized carbons (Fsp3) is 0.267. The van der Waals surface area contributed by atoms with E-state index in [2.05, 4.69) is 6.07 Å². The molecule has 0 spiro atoms. The summed E-state index contributed by atoms with van der Waals surface area (Å²) in [6.45, 7) is 0.493. The van der Waals surface area contributed by atoms with Crippen LogP contribution in [0.15, 0.2) is 35.7 Å². The van der Waals surface area contributed by atoms with Crippen molar-refractivity contribution in [3.63, 3.8) is 0 Å². The molecule has 0 aliphatic carbocycles. The molecular formula is C15H15NO3S. The average molecular weight is 289 g/mol. The molecule has 1 aliphatic rings. The summed E-state index contributed by atoms with van der Waals surface area (Å²) in [7, 11) is 0. The molecule has 0 fully saturated rings. The lowest BCUT2D eigenvalue weighted by molar-refractivity contribution is 0.129. The second-order valence-corrected chi connectivity index (χ2v) is 5.83. The summed E-state index contributed by atoms with van der Waals surface area (Å²) in [6, 6.07) is 9.60. The maximum absolute atomic E-state index is 11.5. The molecule has 1 amide bonds. The second-order valence-electron chi connectivity index (χ2n) is 4.83. The van der Waals surface area contributed by atoms with E-state index in [9.17, 15) is 15.0 Å². The zero-order valence-electron chi connectivity index (χ0n) is 10.8. The zero-order chi connectivity index (χ0) is 14.1. The highest BCUT2D eigenvalue weighted by Gasteiger charge is 2.32. The highest BCUT2D eigenvalue weighted by molar-refractivity contribution is 7.10. The number of aliphatic hydroxyl groups is 1. The second kappa shape index (κ2) is 5.26. The predicted molar refractivity (Wildman–Crippen MR) is 77.0 cm³/mol. The fourth-order valence-corrected chi connectivity index (χ4v) is 3.52. The van der Waals surface area contributed by atoms with Gasteiger partial charge in [-0.1, -0.05) is 24.3 Å². The summed E-state index contributed by atoms with van der Waals surface area (Å²) in [4.78, 5) is 13.8. The van der Waals surface area contributed by atoms with E-state index >= 15 is 0 Å². The third-order valence-electron chi connectivity index (χ3n) is 3.67. The molecule has 0 bridgehead atoms. The van der Waals surface area contributed by atoms with Crippen LogP contribution in [0, 0.1) is 0 Å². The minimum atomic E-state index is -0.902. The Kier molecular flexibility index (Phi) is 3.46. The molecular weight excluding hydrogens is 274 g/mol. The van der Waals surface area contributed by atoms with Gasteiger partial charge in [-0.3, -0.25) is 4.90 Å². The van der Waals surface area contributed by atoms with Gasteiger partial charge >= 0.3 is 6.09 Å². The van der Waals surface area contributed by atoms with Gasteiger partial charge in [-0.25, -0.2) is 4.79 Å². The Bertz CT molecular complexity index is 638. The number of hydrogen-bond acceptors (Lipinski definition) is 3. The molecule has 1 atom stereocenters. The molecule has 1 aromatic carbocycles. The average Bonchev–Trinajstić information content (AvgIpc) is 2.94. The van der Waals surface area contributed by atoms with Crippen LogP contribution in [-0.4, -0.2) is 27.8 Å². The minimum absolute atomic E-state index is 0.00783. The molecule has 0 saturated heterocycles. The third kappa shape index (κ3) is 2.19. The normalized spacial score (nSPS) is 17.9. The van der Waals surface area contributed by atoms with Gasteiger partial charge in [0, 0.05) is 11.4 Å². The highest BCUT2D eigenvalue weighted by Crippen LogP contribution is 2.36. The summed E-state index contributed by atoms with van der Waals surface area (Å²) in [5, 5.41) is 20.6. The molecule has 1 unspecified atom stereocenters. The van der Waals surface area contributed by atoms with E-state index in [0.29, 0.717) is 6.54 Å². The number of fused-ring (bicyclic) bond motifs is 1. The molecule has 2 N–H and O–H groups in total. The summed E-state index contributed by atoms with van der Waals surface area (Å²) >= 11 is 1.46. The van der Waals surface area contributed by atoms with Crippen LogP contribution in [0.1, 0.15) is 27.6 Å². The van der Waals surface area contributed by atoms with E-state index in [4.69, 9.17) is 0 Å².